The average molecular weight is 350 g/mol. The predicted octanol–water partition coefficient (Wildman–Crippen LogP) is 3.74. The van der Waals surface area contributed by atoms with Gasteiger partial charge in [0.05, 0.1) is 30.5 Å². The topological polar surface area (TPSA) is 38.8 Å². The van der Waals surface area contributed by atoms with Crippen molar-refractivity contribution in [3.05, 3.63) is 63.6 Å². The summed E-state index contributed by atoms with van der Waals surface area (Å²) in [6.07, 6.45) is 0. The Morgan fingerprint density at radius 2 is 1.70 bits per heavy atom. The third kappa shape index (κ3) is 2.17. The lowest BCUT2D eigenvalue weighted by Crippen LogP contribution is -2.41. The van der Waals surface area contributed by atoms with Crippen LogP contribution in [0.2, 0.25) is 10.0 Å². The molecule has 1 fully saturated rings. The molecule has 2 aromatic rings. The van der Waals surface area contributed by atoms with Gasteiger partial charge in [-0.2, -0.15) is 0 Å². The second-order valence-electron chi connectivity index (χ2n) is 5.43. The number of benzene rings is 2. The molecule has 1 spiro atoms. The van der Waals surface area contributed by atoms with Gasteiger partial charge in [0.25, 0.3) is 11.7 Å². The van der Waals surface area contributed by atoms with Gasteiger partial charge in [0.2, 0.25) is 0 Å². The van der Waals surface area contributed by atoms with E-state index in [4.69, 9.17) is 32.7 Å². The summed E-state index contributed by atoms with van der Waals surface area (Å²) in [6, 6.07) is 12.8. The van der Waals surface area contributed by atoms with E-state index in [9.17, 15) is 4.79 Å². The van der Waals surface area contributed by atoms with Crippen molar-refractivity contribution in [1.29, 1.82) is 0 Å². The highest BCUT2D eigenvalue weighted by molar-refractivity contribution is 6.35. The average Bonchev–Trinajstić information content (AvgIpc) is 3.12. The highest BCUT2D eigenvalue weighted by Gasteiger charge is 2.56. The number of para-hydroxylation sites is 1. The van der Waals surface area contributed by atoms with Crippen LogP contribution in [0, 0.1) is 0 Å². The van der Waals surface area contributed by atoms with Gasteiger partial charge in [0, 0.05) is 10.6 Å². The number of ether oxygens (including phenoxy) is 2. The molecule has 1 amide bonds. The summed E-state index contributed by atoms with van der Waals surface area (Å²) < 4.78 is 11.4. The number of halogens is 2. The van der Waals surface area contributed by atoms with E-state index in [1.54, 1.807) is 23.1 Å². The van der Waals surface area contributed by atoms with E-state index in [-0.39, 0.29) is 5.91 Å². The van der Waals surface area contributed by atoms with Crippen molar-refractivity contribution in [3.8, 4) is 0 Å². The maximum Gasteiger partial charge on any atom is 0.292 e. The van der Waals surface area contributed by atoms with Crippen molar-refractivity contribution in [2.45, 2.75) is 12.3 Å². The fraction of sp³-hybridized carbons (Fsp3) is 0.235. The fourth-order valence-electron chi connectivity index (χ4n) is 3.09. The van der Waals surface area contributed by atoms with Gasteiger partial charge in [-0.25, -0.2) is 0 Å². The smallest absolute Gasteiger partial charge is 0.292 e. The quantitative estimate of drug-likeness (QED) is 0.828. The zero-order valence-corrected chi connectivity index (χ0v) is 13.6. The van der Waals surface area contributed by atoms with E-state index in [0.717, 1.165) is 5.56 Å². The van der Waals surface area contributed by atoms with Crippen LogP contribution in [0.15, 0.2) is 42.5 Å². The van der Waals surface area contributed by atoms with Crippen molar-refractivity contribution in [1.82, 2.24) is 0 Å². The zero-order chi connectivity index (χ0) is 16.0. The number of hydrogen-bond donors (Lipinski definition) is 0. The molecule has 6 heteroatoms. The van der Waals surface area contributed by atoms with Crippen molar-refractivity contribution in [3.63, 3.8) is 0 Å². The third-order valence-electron chi connectivity index (χ3n) is 4.12. The summed E-state index contributed by atoms with van der Waals surface area (Å²) >= 11 is 12.6. The van der Waals surface area contributed by atoms with Crippen LogP contribution in [-0.2, 0) is 26.6 Å². The van der Waals surface area contributed by atoms with Crippen LogP contribution in [-0.4, -0.2) is 19.1 Å². The molecule has 0 bridgehead atoms. The summed E-state index contributed by atoms with van der Waals surface area (Å²) in [5, 5.41) is 1.09. The Balaban J connectivity index is 1.82. The lowest BCUT2D eigenvalue weighted by atomic mass is 10.1. The summed E-state index contributed by atoms with van der Waals surface area (Å²) in [5.74, 6) is -1.64. The van der Waals surface area contributed by atoms with Crippen LogP contribution in [0.25, 0.3) is 0 Å². The predicted molar refractivity (Wildman–Crippen MR) is 87.7 cm³/mol. The highest BCUT2D eigenvalue weighted by atomic mass is 35.5. The second kappa shape index (κ2) is 5.49. The standard InChI is InChI=1S/C17H13Cl2NO3/c18-13-6-2-1-4-11(13)10-20-15-12(5-3-7-14(15)19)17(16(20)21)22-8-9-23-17/h1-7H,8-10H2. The number of fused-ring (bicyclic) bond motifs is 2. The molecule has 0 radical (unpaired) electrons. The van der Waals surface area contributed by atoms with Gasteiger partial charge in [-0.05, 0) is 17.7 Å². The summed E-state index contributed by atoms with van der Waals surface area (Å²) in [5.41, 5.74) is 2.11. The highest BCUT2D eigenvalue weighted by Crippen LogP contribution is 2.49. The van der Waals surface area contributed by atoms with Crippen LogP contribution in [0.1, 0.15) is 11.1 Å². The molecule has 23 heavy (non-hydrogen) atoms. The van der Waals surface area contributed by atoms with E-state index >= 15 is 0 Å². The molecular formula is C17H13Cl2NO3. The largest absolute Gasteiger partial charge is 0.336 e. The van der Waals surface area contributed by atoms with E-state index in [2.05, 4.69) is 0 Å². The molecule has 2 heterocycles. The number of rotatable bonds is 2. The molecule has 1 saturated heterocycles. The Morgan fingerprint density at radius 3 is 2.43 bits per heavy atom. The fourth-order valence-corrected chi connectivity index (χ4v) is 3.56. The molecule has 0 atom stereocenters. The molecule has 0 unspecified atom stereocenters. The van der Waals surface area contributed by atoms with Crippen LogP contribution in [0.4, 0.5) is 5.69 Å². The molecule has 2 aliphatic heterocycles. The van der Waals surface area contributed by atoms with Crippen LogP contribution in [0.5, 0.6) is 0 Å². The molecular weight excluding hydrogens is 337 g/mol. The Morgan fingerprint density at radius 1 is 1.00 bits per heavy atom. The Labute approximate surface area is 143 Å². The minimum absolute atomic E-state index is 0.266. The molecule has 0 N–H and O–H groups in total. The van der Waals surface area contributed by atoms with Gasteiger partial charge in [-0.3, -0.25) is 4.79 Å². The Hall–Kier alpha value is -1.59. The lowest BCUT2D eigenvalue weighted by Gasteiger charge is -2.22. The summed E-state index contributed by atoms with van der Waals surface area (Å²) in [7, 11) is 0. The van der Waals surface area contributed by atoms with Gasteiger partial charge in [-0.1, -0.05) is 53.5 Å². The van der Waals surface area contributed by atoms with Crippen molar-refractivity contribution in [2.24, 2.45) is 0 Å². The van der Waals surface area contributed by atoms with Crippen molar-refractivity contribution in [2.75, 3.05) is 18.1 Å². The molecule has 0 saturated carbocycles. The van der Waals surface area contributed by atoms with Crippen LogP contribution < -0.4 is 4.90 Å². The SMILES string of the molecule is O=C1N(Cc2ccccc2Cl)c2c(Cl)cccc2C12OCCO2. The van der Waals surface area contributed by atoms with Gasteiger partial charge in [0.1, 0.15) is 0 Å². The van der Waals surface area contributed by atoms with Gasteiger partial charge >= 0.3 is 0 Å². The molecule has 4 rings (SSSR count). The molecule has 0 aliphatic carbocycles. The van der Waals surface area contributed by atoms with Crippen LogP contribution >= 0.6 is 23.2 Å². The normalized spacial score (nSPS) is 18.7. The van der Waals surface area contributed by atoms with Crippen LogP contribution in [0.3, 0.4) is 0 Å². The maximum absolute atomic E-state index is 13.0. The molecule has 4 nitrogen and oxygen atoms in total. The number of nitrogens with zero attached hydrogens (tertiary/aromatic N) is 1. The maximum atomic E-state index is 13.0. The number of hydrogen-bond acceptors (Lipinski definition) is 3. The first-order valence-corrected chi connectivity index (χ1v) is 8.01. The molecule has 0 aromatic heterocycles. The zero-order valence-electron chi connectivity index (χ0n) is 12.1. The molecule has 118 valence electrons. The van der Waals surface area contributed by atoms with Crippen molar-refractivity contribution < 1.29 is 14.3 Å². The number of amides is 1. The monoisotopic (exact) mass is 349 g/mol. The summed E-state index contributed by atoms with van der Waals surface area (Å²) in [4.78, 5) is 14.6. The van der Waals surface area contributed by atoms with E-state index < -0.39 is 5.79 Å². The first kappa shape index (κ1) is 15.0. The number of carbonyl (C=O) groups is 1. The lowest BCUT2D eigenvalue weighted by molar-refractivity contribution is -0.180. The third-order valence-corrected chi connectivity index (χ3v) is 4.79. The number of anilines is 1. The summed E-state index contributed by atoms with van der Waals surface area (Å²) in [6.45, 7) is 1.05. The van der Waals surface area contributed by atoms with E-state index in [0.29, 0.717) is 41.1 Å². The minimum atomic E-state index is -1.37. The minimum Gasteiger partial charge on any atom is -0.336 e. The van der Waals surface area contributed by atoms with Crippen molar-refractivity contribution >= 4 is 34.8 Å². The van der Waals surface area contributed by atoms with Gasteiger partial charge in [-0.15, -0.1) is 0 Å². The number of carbonyl (C=O) groups excluding carboxylic acids is 1. The first-order chi connectivity index (χ1) is 11.1. The molecule has 2 aromatic carbocycles. The Kier molecular flexibility index (Phi) is 3.58. The van der Waals surface area contributed by atoms with E-state index in [1.807, 2.05) is 24.3 Å². The second-order valence-corrected chi connectivity index (χ2v) is 6.25. The van der Waals surface area contributed by atoms with E-state index in [1.165, 1.54) is 0 Å². The van der Waals surface area contributed by atoms with Gasteiger partial charge in [0.15, 0.2) is 0 Å². The van der Waals surface area contributed by atoms with Gasteiger partial charge < -0.3 is 14.4 Å². The first-order valence-electron chi connectivity index (χ1n) is 7.26. The molecule has 2 aliphatic rings. The Bertz CT molecular complexity index is 787.